The smallest absolute Gasteiger partial charge is 0.120 e. The minimum atomic E-state index is 0.178. The van der Waals surface area contributed by atoms with Gasteiger partial charge in [0.25, 0.3) is 0 Å². The zero-order valence-electron chi connectivity index (χ0n) is 13.3. The number of aromatic nitrogens is 1. The molecule has 0 unspecified atom stereocenters. The Morgan fingerprint density at radius 1 is 1.19 bits per heavy atom. The standard InChI is InChI=1S/C18H24N2O/c1-5-19-12-16-9-10-18(20-14(16)4)15-7-6-8-17(11-15)21-13(2)3/h6-11,13,19H,5,12H2,1-4H3. The van der Waals surface area contributed by atoms with Gasteiger partial charge in [-0.1, -0.05) is 25.1 Å². The molecule has 0 spiro atoms. The van der Waals surface area contributed by atoms with Crippen molar-refractivity contribution in [3.63, 3.8) is 0 Å². The molecule has 0 fully saturated rings. The third-order valence-electron chi connectivity index (χ3n) is 3.26. The summed E-state index contributed by atoms with van der Waals surface area (Å²) in [5.41, 5.74) is 4.40. The lowest BCUT2D eigenvalue weighted by molar-refractivity contribution is 0.242. The van der Waals surface area contributed by atoms with Crippen LogP contribution in [0, 0.1) is 6.92 Å². The highest BCUT2D eigenvalue weighted by molar-refractivity contribution is 5.61. The predicted octanol–water partition coefficient (Wildman–Crippen LogP) is 3.95. The second kappa shape index (κ2) is 7.23. The summed E-state index contributed by atoms with van der Waals surface area (Å²) < 4.78 is 5.75. The largest absolute Gasteiger partial charge is 0.491 e. The van der Waals surface area contributed by atoms with Crippen molar-refractivity contribution in [1.29, 1.82) is 0 Å². The number of hydrogen-bond donors (Lipinski definition) is 1. The van der Waals surface area contributed by atoms with Gasteiger partial charge in [0, 0.05) is 17.8 Å². The zero-order chi connectivity index (χ0) is 15.2. The fourth-order valence-corrected chi connectivity index (χ4v) is 2.20. The zero-order valence-corrected chi connectivity index (χ0v) is 13.3. The average Bonchev–Trinajstić information content (AvgIpc) is 2.45. The van der Waals surface area contributed by atoms with Crippen LogP contribution < -0.4 is 10.1 Å². The van der Waals surface area contributed by atoms with Crippen LogP contribution >= 0.6 is 0 Å². The van der Waals surface area contributed by atoms with Gasteiger partial charge in [-0.3, -0.25) is 4.98 Å². The third kappa shape index (κ3) is 4.30. The summed E-state index contributed by atoms with van der Waals surface area (Å²) in [6, 6.07) is 12.3. The van der Waals surface area contributed by atoms with E-state index in [1.54, 1.807) is 0 Å². The Bertz CT molecular complexity index is 594. The maximum absolute atomic E-state index is 5.75. The summed E-state index contributed by atoms with van der Waals surface area (Å²) in [5, 5.41) is 3.34. The fourth-order valence-electron chi connectivity index (χ4n) is 2.20. The molecular weight excluding hydrogens is 260 g/mol. The van der Waals surface area contributed by atoms with E-state index >= 15 is 0 Å². The molecule has 3 nitrogen and oxygen atoms in total. The number of benzene rings is 1. The molecule has 1 aromatic heterocycles. The maximum atomic E-state index is 5.75. The Kier molecular flexibility index (Phi) is 5.34. The van der Waals surface area contributed by atoms with Crippen molar-refractivity contribution in [2.24, 2.45) is 0 Å². The molecule has 3 heteroatoms. The first-order valence-corrected chi connectivity index (χ1v) is 7.54. The lowest BCUT2D eigenvalue weighted by Gasteiger charge is -2.12. The van der Waals surface area contributed by atoms with Crippen LogP contribution in [-0.4, -0.2) is 17.6 Å². The number of nitrogens with one attached hydrogen (secondary N) is 1. The number of ether oxygens (including phenoxy) is 1. The molecule has 1 aromatic carbocycles. The molecule has 0 aliphatic carbocycles. The SMILES string of the molecule is CCNCc1ccc(-c2cccc(OC(C)C)c2)nc1C. The van der Waals surface area contributed by atoms with Crippen molar-refractivity contribution in [3.05, 3.63) is 47.7 Å². The molecule has 0 bridgehead atoms. The molecule has 0 aliphatic heterocycles. The normalized spacial score (nSPS) is 10.9. The van der Waals surface area contributed by atoms with Gasteiger partial charge in [0.15, 0.2) is 0 Å². The number of hydrogen-bond acceptors (Lipinski definition) is 3. The van der Waals surface area contributed by atoms with E-state index in [9.17, 15) is 0 Å². The topological polar surface area (TPSA) is 34.1 Å². The first-order valence-electron chi connectivity index (χ1n) is 7.54. The molecule has 0 atom stereocenters. The van der Waals surface area contributed by atoms with Crippen molar-refractivity contribution in [1.82, 2.24) is 10.3 Å². The van der Waals surface area contributed by atoms with Crippen molar-refractivity contribution in [3.8, 4) is 17.0 Å². The van der Waals surface area contributed by atoms with Gasteiger partial charge in [-0.25, -0.2) is 0 Å². The van der Waals surface area contributed by atoms with E-state index in [1.807, 2.05) is 32.0 Å². The second-order valence-electron chi connectivity index (χ2n) is 5.42. The Hall–Kier alpha value is -1.87. The first kappa shape index (κ1) is 15.5. The summed E-state index contributed by atoms with van der Waals surface area (Å²) in [5.74, 6) is 0.888. The molecule has 0 saturated heterocycles. The quantitative estimate of drug-likeness (QED) is 0.872. The van der Waals surface area contributed by atoms with Crippen LogP contribution in [0.15, 0.2) is 36.4 Å². The lowest BCUT2D eigenvalue weighted by Crippen LogP contribution is -2.13. The maximum Gasteiger partial charge on any atom is 0.120 e. The molecule has 0 saturated carbocycles. The molecule has 2 aromatic rings. The molecular formula is C18H24N2O. The number of aryl methyl sites for hydroxylation is 1. The first-order chi connectivity index (χ1) is 10.1. The van der Waals surface area contributed by atoms with Crippen molar-refractivity contribution >= 4 is 0 Å². The minimum absolute atomic E-state index is 0.178. The van der Waals surface area contributed by atoms with E-state index in [0.29, 0.717) is 0 Å². The summed E-state index contributed by atoms with van der Waals surface area (Å²) >= 11 is 0. The van der Waals surface area contributed by atoms with Crippen LogP contribution in [0.5, 0.6) is 5.75 Å². The highest BCUT2D eigenvalue weighted by atomic mass is 16.5. The van der Waals surface area contributed by atoms with Crippen LogP contribution in [0.1, 0.15) is 32.0 Å². The average molecular weight is 284 g/mol. The van der Waals surface area contributed by atoms with E-state index < -0.39 is 0 Å². The van der Waals surface area contributed by atoms with Gasteiger partial charge >= 0.3 is 0 Å². The van der Waals surface area contributed by atoms with E-state index in [2.05, 4.69) is 37.4 Å². The molecule has 1 heterocycles. The summed E-state index contributed by atoms with van der Waals surface area (Å²) in [4.78, 5) is 4.72. The van der Waals surface area contributed by atoms with Gasteiger partial charge in [-0.15, -0.1) is 0 Å². The van der Waals surface area contributed by atoms with E-state index in [4.69, 9.17) is 9.72 Å². The second-order valence-corrected chi connectivity index (χ2v) is 5.42. The molecule has 1 N–H and O–H groups in total. The van der Waals surface area contributed by atoms with Gasteiger partial charge < -0.3 is 10.1 Å². The van der Waals surface area contributed by atoms with Gasteiger partial charge in [-0.2, -0.15) is 0 Å². The van der Waals surface area contributed by atoms with Crippen molar-refractivity contribution in [2.75, 3.05) is 6.54 Å². The monoisotopic (exact) mass is 284 g/mol. The summed E-state index contributed by atoms with van der Waals surface area (Å²) in [7, 11) is 0. The number of nitrogens with zero attached hydrogens (tertiary/aromatic N) is 1. The molecule has 0 amide bonds. The van der Waals surface area contributed by atoms with Gasteiger partial charge in [-0.05, 0) is 51.1 Å². The van der Waals surface area contributed by atoms with Crippen LogP contribution in [0.3, 0.4) is 0 Å². The third-order valence-corrected chi connectivity index (χ3v) is 3.26. The summed E-state index contributed by atoms with van der Waals surface area (Å²) in [6.45, 7) is 10.1. The number of pyridine rings is 1. The van der Waals surface area contributed by atoms with E-state index in [0.717, 1.165) is 35.8 Å². The Morgan fingerprint density at radius 3 is 2.67 bits per heavy atom. The van der Waals surface area contributed by atoms with E-state index in [1.165, 1.54) is 5.56 Å². The molecule has 112 valence electrons. The highest BCUT2D eigenvalue weighted by Crippen LogP contribution is 2.24. The highest BCUT2D eigenvalue weighted by Gasteiger charge is 2.06. The van der Waals surface area contributed by atoms with Crippen molar-refractivity contribution < 1.29 is 4.74 Å². The van der Waals surface area contributed by atoms with Crippen molar-refractivity contribution in [2.45, 2.75) is 40.3 Å². The Morgan fingerprint density at radius 2 is 2.00 bits per heavy atom. The van der Waals surface area contributed by atoms with Gasteiger partial charge in [0.1, 0.15) is 5.75 Å². The van der Waals surface area contributed by atoms with Crippen LogP contribution in [-0.2, 0) is 6.54 Å². The number of rotatable bonds is 6. The fraction of sp³-hybridized carbons (Fsp3) is 0.389. The van der Waals surface area contributed by atoms with Crippen LogP contribution in [0.2, 0.25) is 0 Å². The minimum Gasteiger partial charge on any atom is -0.491 e. The van der Waals surface area contributed by atoms with E-state index in [-0.39, 0.29) is 6.10 Å². The Labute approximate surface area is 127 Å². The van der Waals surface area contributed by atoms with Crippen LogP contribution in [0.4, 0.5) is 0 Å². The van der Waals surface area contributed by atoms with Gasteiger partial charge in [0.2, 0.25) is 0 Å². The molecule has 21 heavy (non-hydrogen) atoms. The van der Waals surface area contributed by atoms with Crippen LogP contribution in [0.25, 0.3) is 11.3 Å². The molecule has 0 radical (unpaired) electrons. The van der Waals surface area contributed by atoms with Gasteiger partial charge in [0.05, 0.1) is 11.8 Å². The summed E-state index contributed by atoms with van der Waals surface area (Å²) in [6.07, 6.45) is 0.178. The predicted molar refractivity (Wildman–Crippen MR) is 87.6 cm³/mol. The Balaban J connectivity index is 2.23. The molecule has 0 aliphatic rings. The molecule has 2 rings (SSSR count). The lowest BCUT2D eigenvalue weighted by atomic mass is 10.1.